The molecule has 7 nitrogen and oxygen atoms in total. The molecule has 1 aliphatic heterocycles. The summed E-state index contributed by atoms with van der Waals surface area (Å²) in [7, 11) is 0. The zero-order valence-corrected chi connectivity index (χ0v) is 10.7. The number of hydrogen-bond acceptors (Lipinski definition) is 5. The lowest BCUT2D eigenvalue weighted by atomic mass is 9.93. The lowest BCUT2D eigenvalue weighted by Gasteiger charge is -2.36. The molecule has 7 heteroatoms. The average Bonchev–Trinajstić information content (AvgIpc) is 2.80. The number of aromatic carboxylic acids is 1. The molecule has 0 radical (unpaired) electrons. The summed E-state index contributed by atoms with van der Waals surface area (Å²) in [6.45, 7) is 3.07. The topological polar surface area (TPSA) is 110 Å². The van der Waals surface area contributed by atoms with Crippen LogP contribution in [0.5, 0.6) is 0 Å². The molecule has 1 saturated heterocycles. The van der Waals surface area contributed by atoms with Gasteiger partial charge in [0.1, 0.15) is 0 Å². The lowest BCUT2D eigenvalue weighted by molar-refractivity contribution is -0.124. The molecule has 3 N–H and O–H groups in total. The van der Waals surface area contributed by atoms with E-state index in [0.717, 1.165) is 12.8 Å². The second-order valence-electron chi connectivity index (χ2n) is 4.94. The van der Waals surface area contributed by atoms with Crippen molar-refractivity contribution in [3.8, 4) is 0 Å². The van der Waals surface area contributed by atoms with Gasteiger partial charge in [-0.2, -0.15) is 0 Å². The molecular weight excluding hydrogens is 250 g/mol. The fourth-order valence-corrected chi connectivity index (χ4v) is 2.32. The normalized spacial score (nSPS) is 24.3. The highest BCUT2D eigenvalue weighted by atomic mass is 16.5. The number of nitrogens with two attached hydrogens (primary N) is 1. The first kappa shape index (κ1) is 13.5. The molecule has 1 aliphatic rings. The maximum absolute atomic E-state index is 11.2. The van der Waals surface area contributed by atoms with Crippen molar-refractivity contribution in [3.63, 3.8) is 0 Å². The first-order valence-corrected chi connectivity index (χ1v) is 6.19. The molecule has 0 aromatic carbocycles. The van der Waals surface area contributed by atoms with Gasteiger partial charge < -0.3 is 15.4 Å². The SMILES string of the molecule is CC1CCC(C(N)=O)CN1Cc1cc(C(=O)O)no1. The molecule has 2 atom stereocenters. The maximum Gasteiger partial charge on any atom is 0.358 e. The maximum atomic E-state index is 11.2. The van der Waals surface area contributed by atoms with Gasteiger partial charge in [-0.3, -0.25) is 9.69 Å². The zero-order chi connectivity index (χ0) is 14.0. The lowest BCUT2D eigenvalue weighted by Crippen LogP contribution is -2.45. The van der Waals surface area contributed by atoms with E-state index in [1.807, 2.05) is 0 Å². The van der Waals surface area contributed by atoms with Crippen LogP contribution in [0.25, 0.3) is 0 Å². The minimum Gasteiger partial charge on any atom is -0.476 e. The van der Waals surface area contributed by atoms with E-state index in [9.17, 15) is 9.59 Å². The third-order valence-electron chi connectivity index (χ3n) is 3.55. The van der Waals surface area contributed by atoms with E-state index in [4.69, 9.17) is 15.4 Å². The molecule has 0 bridgehead atoms. The molecular formula is C12H17N3O4. The van der Waals surface area contributed by atoms with Crippen molar-refractivity contribution >= 4 is 11.9 Å². The molecule has 2 unspecified atom stereocenters. The number of primary amides is 1. The van der Waals surface area contributed by atoms with Gasteiger partial charge in [-0.1, -0.05) is 5.16 Å². The Morgan fingerprint density at radius 3 is 2.89 bits per heavy atom. The number of likely N-dealkylation sites (tertiary alicyclic amines) is 1. The number of aromatic nitrogens is 1. The molecule has 1 aromatic heterocycles. The highest BCUT2D eigenvalue weighted by Gasteiger charge is 2.29. The number of carbonyl (C=O) groups excluding carboxylic acids is 1. The molecule has 1 fully saturated rings. The van der Waals surface area contributed by atoms with Gasteiger partial charge in [0, 0.05) is 18.7 Å². The molecule has 0 saturated carbocycles. The molecule has 2 rings (SSSR count). The van der Waals surface area contributed by atoms with E-state index in [1.54, 1.807) is 0 Å². The minimum atomic E-state index is -1.11. The number of carboxylic acid groups (broad SMARTS) is 1. The number of hydrogen-bond donors (Lipinski definition) is 2. The zero-order valence-electron chi connectivity index (χ0n) is 10.7. The number of nitrogens with zero attached hydrogens (tertiary/aromatic N) is 2. The van der Waals surface area contributed by atoms with Gasteiger partial charge in [0.05, 0.1) is 12.5 Å². The number of rotatable bonds is 4. The summed E-state index contributed by atoms with van der Waals surface area (Å²) in [4.78, 5) is 24.0. The molecule has 1 aromatic rings. The quantitative estimate of drug-likeness (QED) is 0.820. The van der Waals surface area contributed by atoms with Crippen molar-refractivity contribution in [2.24, 2.45) is 11.7 Å². The number of piperidine rings is 1. The fraction of sp³-hybridized carbons (Fsp3) is 0.583. The Kier molecular flexibility index (Phi) is 3.84. The van der Waals surface area contributed by atoms with Gasteiger partial charge in [0.2, 0.25) is 5.91 Å². The second kappa shape index (κ2) is 5.40. The van der Waals surface area contributed by atoms with Crippen molar-refractivity contribution < 1.29 is 19.2 Å². The summed E-state index contributed by atoms with van der Waals surface area (Å²) in [5.41, 5.74) is 5.23. The van der Waals surface area contributed by atoms with E-state index < -0.39 is 5.97 Å². The molecule has 0 aliphatic carbocycles. The van der Waals surface area contributed by atoms with Crippen LogP contribution < -0.4 is 5.73 Å². The Morgan fingerprint density at radius 1 is 1.58 bits per heavy atom. The predicted molar refractivity (Wildman–Crippen MR) is 65.3 cm³/mol. The van der Waals surface area contributed by atoms with Crippen molar-refractivity contribution in [1.29, 1.82) is 0 Å². The summed E-state index contributed by atoms with van der Waals surface area (Å²) in [6, 6.07) is 1.71. The summed E-state index contributed by atoms with van der Waals surface area (Å²) in [5.74, 6) is -1.08. The number of carboxylic acids is 1. The Morgan fingerprint density at radius 2 is 2.32 bits per heavy atom. The summed E-state index contributed by atoms with van der Waals surface area (Å²) < 4.78 is 4.98. The van der Waals surface area contributed by atoms with E-state index in [-0.39, 0.29) is 17.5 Å². The van der Waals surface area contributed by atoms with Gasteiger partial charge in [0.25, 0.3) is 0 Å². The third kappa shape index (κ3) is 3.11. The van der Waals surface area contributed by atoms with Crippen LogP contribution in [0.2, 0.25) is 0 Å². The first-order chi connectivity index (χ1) is 8.97. The van der Waals surface area contributed by atoms with Crippen molar-refractivity contribution in [2.75, 3.05) is 6.54 Å². The van der Waals surface area contributed by atoms with Crippen LogP contribution in [0.3, 0.4) is 0 Å². The van der Waals surface area contributed by atoms with Gasteiger partial charge in [-0.15, -0.1) is 0 Å². The van der Waals surface area contributed by atoms with Crippen LogP contribution in [0.15, 0.2) is 10.6 Å². The van der Waals surface area contributed by atoms with E-state index in [0.29, 0.717) is 24.9 Å². The number of amides is 1. The van der Waals surface area contributed by atoms with Gasteiger partial charge >= 0.3 is 5.97 Å². The molecule has 0 spiro atoms. The highest BCUT2D eigenvalue weighted by molar-refractivity contribution is 5.85. The van der Waals surface area contributed by atoms with Crippen molar-refractivity contribution in [1.82, 2.24) is 10.1 Å². The number of carbonyl (C=O) groups is 2. The molecule has 19 heavy (non-hydrogen) atoms. The van der Waals surface area contributed by atoms with Crippen molar-refractivity contribution in [3.05, 3.63) is 17.5 Å². The van der Waals surface area contributed by atoms with E-state index in [2.05, 4.69) is 17.0 Å². The second-order valence-corrected chi connectivity index (χ2v) is 4.94. The largest absolute Gasteiger partial charge is 0.476 e. The Bertz CT molecular complexity index is 485. The van der Waals surface area contributed by atoms with Crippen LogP contribution in [0.4, 0.5) is 0 Å². The van der Waals surface area contributed by atoms with Crippen LogP contribution in [0, 0.1) is 5.92 Å². The van der Waals surface area contributed by atoms with E-state index >= 15 is 0 Å². The Hall–Kier alpha value is -1.89. The Balaban J connectivity index is 2.03. The van der Waals surface area contributed by atoms with Crippen molar-refractivity contribution in [2.45, 2.75) is 32.4 Å². The highest BCUT2D eigenvalue weighted by Crippen LogP contribution is 2.23. The third-order valence-corrected chi connectivity index (χ3v) is 3.55. The monoisotopic (exact) mass is 267 g/mol. The summed E-state index contributed by atoms with van der Waals surface area (Å²) in [5, 5.41) is 12.2. The average molecular weight is 267 g/mol. The van der Waals surface area contributed by atoms with Crippen LogP contribution in [0.1, 0.15) is 36.0 Å². The van der Waals surface area contributed by atoms with Crippen LogP contribution >= 0.6 is 0 Å². The molecule has 2 heterocycles. The molecule has 104 valence electrons. The molecule has 1 amide bonds. The smallest absolute Gasteiger partial charge is 0.358 e. The summed E-state index contributed by atoms with van der Waals surface area (Å²) >= 11 is 0. The minimum absolute atomic E-state index is 0.105. The first-order valence-electron chi connectivity index (χ1n) is 6.19. The summed E-state index contributed by atoms with van der Waals surface area (Å²) in [6.07, 6.45) is 1.68. The van der Waals surface area contributed by atoms with Crippen LogP contribution in [-0.2, 0) is 11.3 Å². The van der Waals surface area contributed by atoms with Gasteiger partial charge in [0.15, 0.2) is 11.5 Å². The standard InChI is InChI=1S/C12H17N3O4/c1-7-2-3-8(11(13)16)5-15(7)6-9-4-10(12(17)18)14-19-9/h4,7-8H,2-3,5-6H2,1H3,(H2,13,16)(H,17,18). The van der Waals surface area contributed by atoms with Crippen LogP contribution in [-0.4, -0.2) is 39.6 Å². The fourth-order valence-electron chi connectivity index (χ4n) is 2.32. The Labute approximate surface area is 110 Å². The van der Waals surface area contributed by atoms with Gasteiger partial charge in [-0.25, -0.2) is 4.79 Å². The predicted octanol–water partition coefficient (Wildman–Crippen LogP) is 0.459. The van der Waals surface area contributed by atoms with Gasteiger partial charge in [-0.05, 0) is 19.8 Å². The van der Waals surface area contributed by atoms with E-state index in [1.165, 1.54) is 6.07 Å².